The Morgan fingerprint density at radius 3 is 2.71 bits per heavy atom. The number of rotatable bonds is 6. The number of aromatic nitrogens is 7. The molecule has 6 aromatic rings. The predicted octanol–water partition coefficient (Wildman–Crippen LogP) is 4.42. The first-order valence-corrected chi connectivity index (χ1v) is 12.6. The van der Waals surface area contributed by atoms with Gasteiger partial charge in [-0.25, -0.2) is 19.6 Å². The molecule has 9 heteroatoms. The standard InChI is InChI=1S/C29H25N9/c30-27-23(3-1-12-32-27)28-35-25-8-9-26(37-16-2-13-34-37)36-29(25)38(28)21-5-6-22-20(17-21)4-7-24(22)33-18-19-10-14-31-15-11-19/h1-3,5-6,8-17,24,33H,4,7,18H2,(H2,30,32)/t24-/m0/s1. The van der Waals surface area contributed by atoms with E-state index in [2.05, 4.69) is 43.1 Å². The van der Waals surface area contributed by atoms with Gasteiger partial charge in [-0.15, -0.1) is 0 Å². The minimum absolute atomic E-state index is 0.310. The van der Waals surface area contributed by atoms with Gasteiger partial charge in [0, 0.05) is 49.3 Å². The van der Waals surface area contributed by atoms with E-state index in [0.29, 0.717) is 17.7 Å². The van der Waals surface area contributed by atoms with Crippen LogP contribution in [0.15, 0.2) is 91.6 Å². The van der Waals surface area contributed by atoms with Crippen LogP contribution in [0.25, 0.3) is 34.1 Å². The molecule has 0 aliphatic heterocycles. The second-order valence-corrected chi connectivity index (χ2v) is 9.38. The molecular weight excluding hydrogens is 474 g/mol. The van der Waals surface area contributed by atoms with E-state index in [0.717, 1.165) is 47.6 Å². The second kappa shape index (κ2) is 9.20. The number of nitrogens with two attached hydrogens (primary N) is 1. The van der Waals surface area contributed by atoms with E-state index in [4.69, 9.17) is 15.7 Å². The Morgan fingerprint density at radius 2 is 1.87 bits per heavy atom. The van der Waals surface area contributed by atoms with Gasteiger partial charge in [-0.05, 0) is 84.1 Å². The Kier molecular flexibility index (Phi) is 5.41. The molecule has 1 aliphatic carbocycles. The number of pyridine rings is 3. The molecule has 5 aromatic heterocycles. The highest BCUT2D eigenvalue weighted by atomic mass is 15.3. The van der Waals surface area contributed by atoms with E-state index in [1.807, 2.05) is 61.1 Å². The fourth-order valence-corrected chi connectivity index (χ4v) is 5.21. The molecule has 0 fully saturated rings. The third-order valence-corrected chi connectivity index (χ3v) is 7.07. The van der Waals surface area contributed by atoms with E-state index in [1.165, 1.54) is 16.7 Å². The van der Waals surface area contributed by atoms with E-state index < -0.39 is 0 Å². The van der Waals surface area contributed by atoms with Gasteiger partial charge < -0.3 is 11.1 Å². The number of hydrogen-bond acceptors (Lipinski definition) is 7. The lowest BCUT2D eigenvalue weighted by Gasteiger charge is -2.16. The van der Waals surface area contributed by atoms with Crippen LogP contribution in [-0.2, 0) is 13.0 Å². The van der Waals surface area contributed by atoms with Crippen LogP contribution in [0.1, 0.15) is 29.2 Å². The molecular formula is C29H25N9. The van der Waals surface area contributed by atoms with Crippen molar-refractivity contribution in [3.8, 4) is 22.9 Å². The van der Waals surface area contributed by atoms with E-state index in [1.54, 1.807) is 17.1 Å². The molecule has 1 aromatic carbocycles. The zero-order chi connectivity index (χ0) is 25.5. The van der Waals surface area contributed by atoms with Gasteiger partial charge in [-0.3, -0.25) is 9.55 Å². The maximum absolute atomic E-state index is 6.31. The third-order valence-electron chi connectivity index (χ3n) is 7.07. The molecule has 38 heavy (non-hydrogen) atoms. The fourth-order valence-electron chi connectivity index (χ4n) is 5.21. The van der Waals surface area contributed by atoms with E-state index in [-0.39, 0.29) is 0 Å². The molecule has 0 spiro atoms. The van der Waals surface area contributed by atoms with Gasteiger partial charge in [0.05, 0.1) is 5.56 Å². The molecule has 7 rings (SSSR count). The molecule has 0 amide bonds. The summed E-state index contributed by atoms with van der Waals surface area (Å²) in [7, 11) is 0. The first kappa shape index (κ1) is 22.3. The summed E-state index contributed by atoms with van der Waals surface area (Å²) in [5, 5.41) is 8.07. The zero-order valence-corrected chi connectivity index (χ0v) is 20.6. The Bertz CT molecular complexity index is 1740. The van der Waals surface area contributed by atoms with Gasteiger partial charge in [0.2, 0.25) is 0 Å². The molecule has 0 saturated heterocycles. The topological polar surface area (TPSA) is 112 Å². The van der Waals surface area contributed by atoms with Crippen LogP contribution in [0.3, 0.4) is 0 Å². The Hall–Kier alpha value is -4.89. The van der Waals surface area contributed by atoms with Crippen LogP contribution in [0.2, 0.25) is 0 Å². The maximum atomic E-state index is 6.31. The highest BCUT2D eigenvalue weighted by molar-refractivity contribution is 5.83. The quantitative estimate of drug-likeness (QED) is 0.349. The van der Waals surface area contributed by atoms with Crippen molar-refractivity contribution in [3.63, 3.8) is 0 Å². The number of benzene rings is 1. The van der Waals surface area contributed by atoms with Gasteiger partial charge in [0.15, 0.2) is 17.3 Å². The molecule has 0 radical (unpaired) electrons. The molecule has 0 bridgehead atoms. The lowest BCUT2D eigenvalue weighted by molar-refractivity contribution is 0.530. The normalized spacial score (nSPS) is 14.7. The monoisotopic (exact) mass is 499 g/mol. The van der Waals surface area contributed by atoms with E-state index >= 15 is 0 Å². The summed E-state index contributed by atoms with van der Waals surface area (Å²) in [5.74, 6) is 1.86. The lowest BCUT2D eigenvalue weighted by atomic mass is 10.1. The van der Waals surface area contributed by atoms with Gasteiger partial charge in [0.25, 0.3) is 0 Å². The summed E-state index contributed by atoms with van der Waals surface area (Å²) < 4.78 is 3.82. The average molecular weight is 500 g/mol. The second-order valence-electron chi connectivity index (χ2n) is 9.38. The fraction of sp³-hybridized carbons (Fsp3) is 0.138. The number of hydrogen-bond donors (Lipinski definition) is 2. The molecule has 1 atom stereocenters. The Labute approximate surface area is 219 Å². The average Bonchev–Trinajstić information content (AvgIpc) is 3.71. The molecule has 5 heterocycles. The number of aryl methyl sites for hydroxylation is 1. The largest absolute Gasteiger partial charge is 0.383 e. The van der Waals surface area contributed by atoms with Crippen molar-refractivity contribution < 1.29 is 0 Å². The summed E-state index contributed by atoms with van der Waals surface area (Å²) in [6.07, 6.45) is 11.0. The molecule has 186 valence electrons. The number of nitrogens with zero attached hydrogens (tertiary/aromatic N) is 7. The van der Waals surface area contributed by atoms with Crippen molar-refractivity contribution in [1.29, 1.82) is 0 Å². The van der Waals surface area contributed by atoms with Gasteiger partial charge in [-0.2, -0.15) is 5.10 Å². The Morgan fingerprint density at radius 1 is 0.947 bits per heavy atom. The minimum atomic E-state index is 0.310. The van der Waals surface area contributed by atoms with Crippen LogP contribution in [0, 0.1) is 0 Å². The third kappa shape index (κ3) is 3.89. The molecule has 0 unspecified atom stereocenters. The number of fused-ring (bicyclic) bond motifs is 2. The number of nitrogen functional groups attached to an aromatic ring is 1. The van der Waals surface area contributed by atoms with Gasteiger partial charge >= 0.3 is 0 Å². The summed E-state index contributed by atoms with van der Waals surface area (Å²) in [6, 6.07) is 20.6. The van der Waals surface area contributed by atoms with Gasteiger partial charge in [-0.1, -0.05) is 6.07 Å². The van der Waals surface area contributed by atoms with Crippen LogP contribution in [0.5, 0.6) is 0 Å². The summed E-state index contributed by atoms with van der Waals surface area (Å²) in [6.45, 7) is 0.811. The maximum Gasteiger partial charge on any atom is 0.167 e. The molecule has 9 nitrogen and oxygen atoms in total. The summed E-state index contributed by atoms with van der Waals surface area (Å²) in [4.78, 5) is 18.3. The van der Waals surface area contributed by atoms with Crippen molar-refractivity contribution in [1.82, 2.24) is 39.6 Å². The number of nitrogens with one attached hydrogen (secondary N) is 1. The number of anilines is 1. The smallest absolute Gasteiger partial charge is 0.167 e. The highest BCUT2D eigenvalue weighted by Gasteiger charge is 2.24. The van der Waals surface area contributed by atoms with Crippen molar-refractivity contribution in [2.24, 2.45) is 0 Å². The van der Waals surface area contributed by atoms with Crippen molar-refractivity contribution in [2.75, 3.05) is 5.73 Å². The molecule has 1 aliphatic rings. The van der Waals surface area contributed by atoms with Crippen molar-refractivity contribution in [2.45, 2.75) is 25.4 Å². The van der Waals surface area contributed by atoms with Gasteiger partial charge in [0.1, 0.15) is 11.3 Å². The van der Waals surface area contributed by atoms with Crippen LogP contribution < -0.4 is 11.1 Å². The Balaban J connectivity index is 1.32. The molecule has 3 N–H and O–H groups in total. The highest BCUT2D eigenvalue weighted by Crippen LogP contribution is 2.36. The number of imidazole rings is 1. The van der Waals surface area contributed by atoms with Crippen LogP contribution in [0.4, 0.5) is 5.82 Å². The van der Waals surface area contributed by atoms with Crippen LogP contribution in [-0.4, -0.2) is 34.3 Å². The first-order valence-electron chi connectivity index (χ1n) is 12.6. The first-order chi connectivity index (χ1) is 18.7. The minimum Gasteiger partial charge on any atom is -0.383 e. The summed E-state index contributed by atoms with van der Waals surface area (Å²) in [5.41, 5.74) is 13.5. The van der Waals surface area contributed by atoms with E-state index in [9.17, 15) is 0 Å². The summed E-state index contributed by atoms with van der Waals surface area (Å²) >= 11 is 0. The zero-order valence-electron chi connectivity index (χ0n) is 20.6. The molecule has 0 saturated carbocycles. The predicted molar refractivity (Wildman–Crippen MR) is 146 cm³/mol. The lowest BCUT2D eigenvalue weighted by Crippen LogP contribution is -2.18. The van der Waals surface area contributed by atoms with Crippen molar-refractivity contribution >= 4 is 17.0 Å². The SMILES string of the molecule is Nc1ncccc1-c1nc2ccc(-n3cccn3)nc2n1-c1ccc2c(c1)CC[C@@H]2NCc1ccncc1. The van der Waals surface area contributed by atoms with Crippen LogP contribution >= 0.6 is 0 Å². The van der Waals surface area contributed by atoms with Crippen molar-refractivity contribution in [3.05, 3.63) is 108 Å².